The van der Waals surface area contributed by atoms with Crippen LogP contribution in [0.4, 0.5) is 0 Å². The Bertz CT molecular complexity index is 516. The summed E-state index contributed by atoms with van der Waals surface area (Å²) in [6, 6.07) is 0. The molecule has 4 N–H and O–H groups in total. The smallest absolute Gasteiger partial charge is 0.187 e. The van der Waals surface area contributed by atoms with Crippen LogP contribution in [0.2, 0.25) is 0 Å². The lowest BCUT2D eigenvalue weighted by molar-refractivity contribution is 0.343. The van der Waals surface area contributed by atoms with Crippen molar-refractivity contribution in [1.29, 1.82) is 0 Å². The number of thiocarbonyl (C=S) groups is 2. The Morgan fingerprint density at radius 3 is 1.43 bits per heavy atom. The van der Waals surface area contributed by atoms with E-state index >= 15 is 0 Å². The minimum Gasteiger partial charge on any atom is -0.360 e. The first-order valence-corrected chi connectivity index (χ1v) is 11.0. The molecule has 0 radical (unpaired) electrons. The molecule has 2 aliphatic rings. The molecule has 10 heteroatoms. The normalized spacial score (nSPS) is 18.9. The van der Waals surface area contributed by atoms with Crippen molar-refractivity contribution >= 4 is 46.1 Å². The molecular formula is C18H34N8S2. The van der Waals surface area contributed by atoms with Crippen molar-refractivity contribution in [1.82, 2.24) is 31.3 Å². The fourth-order valence-corrected chi connectivity index (χ4v) is 3.47. The monoisotopic (exact) mass is 426 g/mol. The summed E-state index contributed by atoms with van der Waals surface area (Å²) in [6.07, 6.45) is 5.21. The Labute approximate surface area is 179 Å². The van der Waals surface area contributed by atoms with Gasteiger partial charge < -0.3 is 20.4 Å². The number of hydrogen-bond donors (Lipinski definition) is 4. The van der Waals surface area contributed by atoms with Crippen molar-refractivity contribution in [3.8, 4) is 0 Å². The summed E-state index contributed by atoms with van der Waals surface area (Å²) in [4.78, 5) is 4.88. The molecule has 2 aliphatic heterocycles. The van der Waals surface area contributed by atoms with Gasteiger partial charge in [0, 0.05) is 26.2 Å². The topological polar surface area (TPSA) is 79.3 Å². The van der Waals surface area contributed by atoms with Crippen LogP contribution in [0.1, 0.15) is 39.5 Å². The van der Waals surface area contributed by atoms with Crippen molar-refractivity contribution in [2.75, 3.05) is 52.4 Å². The van der Waals surface area contributed by atoms with E-state index in [-0.39, 0.29) is 0 Å². The molecule has 0 amide bonds. The van der Waals surface area contributed by atoms with Crippen LogP contribution in [-0.2, 0) is 0 Å². The second-order valence-electron chi connectivity index (χ2n) is 7.23. The fourth-order valence-electron chi connectivity index (χ4n) is 3.18. The van der Waals surface area contributed by atoms with Crippen LogP contribution in [-0.4, -0.2) is 83.8 Å². The van der Waals surface area contributed by atoms with Crippen LogP contribution < -0.4 is 21.5 Å². The Hall–Kier alpha value is -1.36. The molecular weight excluding hydrogens is 392 g/mol. The highest BCUT2D eigenvalue weighted by Gasteiger charge is 2.11. The third-order valence-electron chi connectivity index (χ3n) is 5.00. The van der Waals surface area contributed by atoms with Crippen molar-refractivity contribution in [2.45, 2.75) is 39.5 Å². The van der Waals surface area contributed by atoms with E-state index < -0.39 is 0 Å². The zero-order valence-electron chi connectivity index (χ0n) is 17.1. The highest BCUT2D eigenvalue weighted by molar-refractivity contribution is 7.80. The Balaban J connectivity index is 1.58. The van der Waals surface area contributed by atoms with E-state index in [2.05, 4.69) is 41.5 Å². The standard InChI is InChI=1S/C18H34N8S2/c1-15(21-23-17(27)19-7-13-25-9-3-4-10-25)16(2)22-24-18(28)20-8-14-26-11-5-6-12-26/h3-14H2,1-2H3,(H2,19,23,27)(H2,20,24,28)/b21-15-,22-16+. The van der Waals surface area contributed by atoms with E-state index in [9.17, 15) is 0 Å². The highest BCUT2D eigenvalue weighted by Crippen LogP contribution is 2.06. The first-order chi connectivity index (χ1) is 13.5. The van der Waals surface area contributed by atoms with Gasteiger partial charge in [-0.25, -0.2) is 0 Å². The van der Waals surface area contributed by atoms with Gasteiger partial charge in [0.05, 0.1) is 11.4 Å². The molecule has 0 saturated carbocycles. The van der Waals surface area contributed by atoms with E-state index in [0.717, 1.165) is 37.6 Å². The molecule has 158 valence electrons. The summed E-state index contributed by atoms with van der Waals surface area (Å²) in [6.45, 7) is 12.2. The number of nitrogens with zero attached hydrogens (tertiary/aromatic N) is 4. The summed E-state index contributed by atoms with van der Waals surface area (Å²) < 4.78 is 0. The molecule has 0 spiro atoms. The number of nitrogens with one attached hydrogen (secondary N) is 4. The Morgan fingerprint density at radius 1 is 0.714 bits per heavy atom. The maximum absolute atomic E-state index is 5.26. The second-order valence-corrected chi connectivity index (χ2v) is 8.04. The van der Waals surface area contributed by atoms with E-state index in [4.69, 9.17) is 24.4 Å². The van der Waals surface area contributed by atoms with Gasteiger partial charge in [-0.2, -0.15) is 10.2 Å². The number of hydrazone groups is 2. The van der Waals surface area contributed by atoms with Crippen LogP contribution in [0.5, 0.6) is 0 Å². The molecule has 0 aromatic rings. The van der Waals surface area contributed by atoms with Crippen LogP contribution >= 0.6 is 24.4 Å². The summed E-state index contributed by atoms with van der Waals surface area (Å²) in [5.74, 6) is 0. The van der Waals surface area contributed by atoms with Crippen LogP contribution in [0.15, 0.2) is 10.2 Å². The Morgan fingerprint density at radius 2 is 1.07 bits per heavy atom. The molecule has 0 bridgehead atoms. The fraction of sp³-hybridized carbons (Fsp3) is 0.778. The molecule has 2 saturated heterocycles. The molecule has 28 heavy (non-hydrogen) atoms. The van der Waals surface area contributed by atoms with Crippen LogP contribution in [0.25, 0.3) is 0 Å². The van der Waals surface area contributed by atoms with E-state index in [1.807, 2.05) is 13.8 Å². The summed E-state index contributed by atoms with van der Waals surface area (Å²) in [7, 11) is 0. The first kappa shape index (κ1) is 22.9. The molecule has 8 nitrogen and oxygen atoms in total. The summed E-state index contributed by atoms with van der Waals surface area (Å²) in [5.41, 5.74) is 7.23. The zero-order chi connectivity index (χ0) is 20.2. The third kappa shape index (κ3) is 9.22. The summed E-state index contributed by atoms with van der Waals surface area (Å²) >= 11 is 10.5. The van der Waals surface area contributed by atoms with Gasteiger partial charge in [-0.15, -0.1) is 0 Å². The van der Waals surface area contributed by atoms with E-state index in [1.165, 1.54) is 51.9 Å². The van der Waals surface area contributed by atoms with Gasteiger partial charge in [0.15, 0.2) is 10.2 Å². The van der Waals surface area contributed by atoms with Gasteiger partial charge in [0.1, 0.15) is 0 Å². The van der Waals surface area contributed by atoms with Crippen LogP contribution in [0, 0.1) is 0 Å². The molecule has 0 atom stereocenters. The summed E-state index contributed by atoms with van der Waals surface area (Å²) in [5, 5.41) is 16.0. The average molecular weight is 427 g/mol. The van der Waals surface area contributed by atoms with Crippen molar-refractivity contribution in [3.05, 3.63) is 0 Å². The van der Waals surface area contributed by atoms with Gasteiger partial charge in [-0.1, -0.05) is 0 Å². The van der Waals surface area contributed by atoms with Gasteiger partial charge in [-0.05, 0) is 90.1 Å². The molecule has 0 unspecified atom stereocenters. The predicted octanol–water partition coefficient (Wildman–Crippen LogP) is 0.858. The molecule has 0 aromatic heterocycles. The first-order valence-electron chi connectivity index (χ1n) is 10.2. The van der Waals surface area contributed by atoms with Crippen molar-refractivity contribution in [3.63, 3.8) is 0 Å². The molecule has 0 aromatic carbocycles. The van der Waals surface area contributed by atoms with Gasteiger partial charge in [-0.3, -0.25) is 10.9 Å². The SMILES string of the molecule is CC(=N/NC(=S)NCCN1CCCC1)/C(C)=N/NC(=S)NCCN1CCCC1. The van der Waals surface area contributed by atoms with E-state index in [0.29, 0.717) is 10.2 Å². The number of rotatable bonds is 9. The molecule has 2 heterocycles. The minimum atomic E-state index is 0.526. The van der Waals surface area contributed by atoms with Gasteiger partial charge in [0.2, 0.25) is 0 Å². The van der Waals surface area contributed by atoms with E-state index in [1.54, 1.807) is 0 Å². The van der Waals surface area contributed by atoms with Gasteiger partial charge >= 0.3 is 0 Å². The average Bonchev–Trinajstić information content (AvgIpc) is 3.38. The Kier molecular flexibility index (Phi) is 10.6. The van der Waals surface area contributed by atoms with Crippen LogP contribution in [0.3, 0.4) is 0 Å². The van der Waals surface area contributed by atoms with Gasteiger partial charge in [0.25, 0.3) is 0 Å². The zero-order valence-corrected chi connectivity index (χ0v) is 18.7. The van der Waals surface area contributed by atoms with Crippen molar-refractivity contribution in [2.24, 2.45) is 10.2 Å². The molecule has 0 aliphatic carbocycles. The molecule has 2 fully saturated rings. The largest absolute Gasteiger partial charge is 0.360 e. The third-order valence-corrected chi connectivity index (χ3v) is 5.47. The highest BCUT2D eigenvalue weighted by atomic mass is 32.1. The second kappa shape index (κ2) is 13.0. The number of likely N-dealkylation sites (tertiary alicyclic amines) is 2. The predicted molar refractivity (Wildman–Crippen MR) is 125 cm³/mol. The maximum atomic E-state index is 5.26. The lowest BCUT2D eigenvalue weighted by Gasteiger charge is -2.15. The van der Waals surface area contributed by atoms with Crippen molar-refractivity contribution < 1.29 is 0 Å². The lowest BCUT2D eigenvalue weighted by atomic mass is 10.3. The number of hydrogen-bond acceptors (Lipinski definition) is 6. The maximum Gasteiger partial charge on any atom is 0.187 e. The lowest BCUT2D eigenvalue weighted by Crippen LogP contribution is -2.39. The quantitative estimate of drug-likeness (QED) is 0.246. The minimum absolute atomic E-state index is 0.526. The molecule has 2 rings (SSSR count).